The standard InChI is InChI=1S/C19H23N5O/c1-3-13(18-16-7-9-21-19(16)23-12-22-18)11-24(2)17(6-8-20)14-4-5-15(25)10-14/h3,7,9,11-12,14-15,17,25H,1,4-6,10H2,2H3,(H,21,22,23)/b13-11+. The highest BCUT2D eigenvalue weighted by Gasteiger charge is 2.31. The topological polar surface area (TPSA) is 88.8 Å². The van der Waals surface area contributed by atoms with Crippen molar-refractivity contribution >= 4 is 16.6 Å². The Morgan fingerprint density at radius 1 is 1.56 bits per heavy atom. The van der Waals surface area contributed by atoms with Crippen LogP contribution in [0.15, 0.2) is 37.4 Å². The van der Waals surface area contributed by atoms with Gasteiger partial charge < -0.3 is 15.0 Å². The lowest BCUT2D eigenvalue weighted by molar-refractivity contribution is 0.163. The second-order valence-corrected chi connectivity index (χ2v) is 6.57. The fraction of sp³-hybridized carbons (Fsp3) is 0.421. The highest BCUT2D eigenvalue weighted by atomic mass is 16.3. The summed E-state index contributed by atoms with van der Waals surface area (Å²) in [6.07, 6.45) is 9.84. The van der Waals surface area contributed by atoms with Crippen LogP contribution in [-0.2, 0) is 0 Å². The molecular formula is C19H23N5O. The molecule has 2 aromatic heterocycles. The van der Waals surface area contributed by atoms with E-state index in [1.807, 2.05) is 25.5 Å². The lowest BCUT2D eigenvalue weighted by Gasteiger charge is -2.30. The number of rotatable bonds is 6. The molecule has 1 fully saturated rings. The Hall–Kier alpha value is -2.65. The number of H-pyrrole nitrogens is 1. The zero-order valence-electron chi connectivity index (χ0n) is 14.4. The summed E-state index contributed by atoms with van der Waals surface area (Å²) in [7, 11) is 1.98. The fourth-order valence-corrected chi connectivity index (χ4v) is 3.71. The molecule has 0 amide bonds. The second kappa shape index (κ2) is 7.49. The van der Waals surface area contributed by atoms with Crippen LogP contribution in [0, 0.1) is 17.2 Å². The third-order valence-electron chi connectivity index (χ3n) is 5.00. The number of aromatic nitrogens is 3. The van der Waals surface area contributed by atoms with Gasteiger partial charge in [-0.05, 0) is 31.2 Å². The van der Waals surface area contributed by atoms with Gasteiger partial charge in [-0.1, -0.05) is 12.7 Å². The number of aromatic amines is 1. The molecule has 3 unspecified atom stereocenters. The number of nitrogens with one attached hydrogen (secondary N) is 1. The van der Waals surface area contributed by atoms with Crippen LogP contribution in [0.2, 0.25) is 0 Å². The van der Waals surface area contributed by atoms with Crippen LogP contribution in [-0.4, -0.2) is 44.2 Å². The van der Waals surface area contributed by atoms with E-state index in [0.29, 0.717) is 12.3 Å². The SMILES string of the molecule is C=C/C(=C\N(C)C(CC#N)C1CCC(O)C1)c1ncnc2[nH]ccc12. The Morgan fingerprint density at radius 2 is 2.40 bits per heavy atom. The maximum Gasteiger partial charge on any atom is 0.141 e. The van der Waals surface area contributed by atoms with Crippen molar-refractivity contribution in [3.05, 3.63) is 43.1 Å². The summed E-state index contributed by atoms with van der Waals surface area (Å²) < 4.78 is 0. The average Bonchev–Trinajstić information content (AvgIpc) is 3.25. The quantitative estimate of drug-likeness (QED) is 0.791. The third kappa shape index (κ3) is 3.57. The van der Waals surface area contributed by atoms with Crippen molar-refractivity contribution in [3.63, 3.8) is 0 Å². The molecular weight excluding hydrogens is 314 g/mol. The van der Waals surface area contributed by atoms with Gasteiger partial charge in [-0.25, -0.2) is 9.97 Å². The van der Waals surface area contributed by atoms with Crippen LogP contribution in [0.1, 0.15) is 31.4 Å². The molecule has 0 aliphatic heterocycles. The summed E-state index contributed by atoms with van der Waals surface area (Å²) >= 11 is 0. The van der Waals surface area contributed by atoms with E-state index in [4.69, 9.17) is 0 Å². The fourth-order valence-electron chi connectivity index (χ4n) is 3.71. The summed E-state index contributed by atoms with van der Waals surface area (Å²) in [4.78, 5) is 13.8. The minimum atomic E-state index is -0.246. The minimum absolute atomic E-state index is 0.0700. The summed E-state index contributed by atoms with van der Waals surface area (Å²) in [5.41, 5.74) is 2.49. The van der Waals surface area contributed by atoms with Crippen LogP contribution in [0.25, 0.3) is 16.6 Å². The lowest BCUT2D eigenvalue weighted by Crippen LogP contribution is -2.33. The molecule has 2 heterocycles. The maximum atomic E-state index is 9.85. The van der Waals surface area contributed by atoms with E-state index in [9.17, 15) is 10.4 Å². The Labute approximate surface area is 147 Å². The van der Waals surface area contributed by atoms with Gasteiger partial charge in [0, 0.05) is 36.4 Å². The maximum absolute atomic E-state index is 9.85. The monoisotopic (exact) mass is 337 g/mol. The van der Waals surface area contributed by atoms with Crippen molar-refractivity contribution in [2.75, 3.05) is 7.05 Å². The average molecular weight is 337 g/mol. The number of aliphatic hydroxyl groups is 1. The molecule has 1 aliphatic rings. The smallest absolute Gasteiger partial charge is 0.141 e. The molecule has 2 aromatic rings. The molecule has 0 radical (unpaired) electrons. The largest absolute Gasteiger partial charge is 0.393 e. The molecule has 2 N–H and O–H groups in total. The molecule has 3 atom stereocenters. The molecule has 25 heavy (non-hydrogen) atoms. The Kier molecular flexibility index (Phi) is 5.15. The van der Waals surface area contributed by atoms with Crippen molar-refractivity contribution < 1.29 is 5.11 Å². The predicted molar refractivity (Wildman–Crippen MR) is 97.2 cm³/mol. The summed E-state index contributed by atoms with van der Waals surface area (Å²) in [5, 5.41) is 20.0. The van der Waals surface area contributed by atoms with Crippen LogP contribution in [0.3, 0.4) is 0 Å². The van der Waals surface area contributed by atoms with E-state index >= 15 is 0 Å². The molecule has 130 valence electrons. The van der Waals surface area contributed by atoms with E-state index < -0.39 is 0 Å². The molecule has 0 aromatic carbocycles. The van der Waals surface area contributed by atoms with Crippen molar-refractivity contribution in [2.45, 2.75) is 37.8 Å². The highest BCUT2D eigenvalue weighted by molar-refractivity contribution is 5.90. The first-order valence-corrected chi connectivity index (χ1v) is 8.53. The number of allylic oxidation sites excluding steroid dienone is 2. The van der Waals surface area contributed by atoms with Gasteiger partial charge in [0.1, 0.15) is 12.0 Å². The van der Waals surface area contributed by atoms with E-state index in [1.54, 1.807) is 6.08 Å². The van der Waals surface area contributed by atoms with Gasteiger partial charge in [0.15, 0.2) is 0 Å². The minimum Gasteiger partial charge on any atom is -0.393 e. The van der Waals surface area contributed by atoms with E-state index in [2.05, 4.69) is 32.5 Å². The first-order valence-electron chi connectivity index (χ1n) is 8.53. The zero-order chi connectivity index (χ0) is 17.8. The third-order valence-corrected chi connectivity index (χ3v) is 5.00. The number of hydrogen-bond acceptors (Lipinski definition) is 5. The van der Waals surface area contributed by atoms with Crippen LogP contribution < -0.4 is 0 Å². The van der Waals surface area contributed by atoms with Crippen molar-refractivity contribution in [3.8, 4) is 6.07 Å². The van der Waals surface area contributed by atoms with Gasteiger partial charge in [0.05, 0.1) is 24.3 Å². The molecule has 3 rings (SSSR count). The zero-order valence-corrected chi connectivity index (χ0v) is 14.4. The van der Waals surface area contributed by atoms with Crippen LogP contribution >= 0.6 is 0 Å². The molecule has 0 saturated heterocycles. The molecule has 0 bridgehead atoms. The van der Waals surface area contributed by atoms with Crippen LogP contribution in [0.4, 0.5) is 0 Å². The molecule has 0 spiro atoms. The molecule has 6 nitrogen and oxygen atoms in total. The van der Waals surface area contributed by atoms with Gasteiger partial charge in [0.25, 0.3) is 0 Å². The normalized spacial score (nSPS) is 21.9. The van der Waals surface area contributed by atoms with Crippen molar-refractivity contribution in [2.24, 2.45) is 5.92 Å². The van der Waals surface area contributed by atoms with Gasteiger partial charge >= 0.3 is 0 Å². The number of hydrogen-bond donors (Lipinski definition) is 2. The first-order chi connectivity index (χ1) is 12.1. The number of aliphatic hydroxyl groups excluding tert-OH is 1. The number of nitriles is 1. The lowest BCUT2D eigenvalue weighted by atomic mass is 9.94. The summed E-state index contributed by atoms with van der Waals surface area (Å²) in [6.45, 7) is 3.93. The number of nitrogens with zero attached hydrogens (tertiary/aromatic N) is 4. The number of fused-ring (bicyclic) bond motifs is 1. The molecule has 1 saturated carbocycles. The predicted octanol–water partition coefficient (Wildman–Crippen LogP) is 2.86. The molecule has 6 heteroatoms. The van der Waals surface area contributed by atoms with Gasteiger partial charge in [-0.2, -0.15) is 5.26 Å². The van der Waals surface area contributed by atoms with E-state index in [1.165, 1.54) is 6.33 Å². The van der Waals surface area contributed by atoms with Gasteiger partial charge in [-0.15, -0.1) is 0 Å². The summed E-state index contributed by atoms with van der Waals surface area (Å²) in [5.74, 6) is 0.319. The van der Waals surface area contributed by atoms with Crippen LogP contribution in [0.5, 0.6) is 0 Å². The highest BCUT2D eigenvalue weighted by Crippen LogP contribution is 2.32. The molecule has 1 aliphatic carbocycles. The van der Waals surface area contributed by atoms with E-state index in [-0.39, 0.29) is 12.1 Å². The van der Waals surface area contributed by atoms with E-state index in [0.717, 1.165) is 41.6 Å². The second-order valence-electron chi connectivity index (χ2n) is 6.57. The Balaban J connectivity index is 1.91. The summed E-state index contributed by atoms with van der Waals surface area (Å²) in [6, 6.07) is 4.30. The Bertz CT molecular complexity index is 819. The van der Waals surface area contributed by atoms with Gasteiger partial charge in [0.2, 0.25) is 0 Å². The first kappa shape index (κ1) is 17.2. The Morgan fingerprint density at radius 3 is 3.08 bits per heavy atom. The van der Waals surface area contributed by atoms with Crippen molar-refractivity contribution in [1.82, 2.24) is 19.9 Å². The van der Waals surface area contributed by atoms with Gasteiger partial charge in [-0.3, -0.25) is 0 Å². The van der Waals surface area contributed by atoms with Crippen molar-refractivity contribution in [1.29, 1.82) is 5.26 Å².